The van der Waals surface area contributed by atoms with Gasteiger partial charge in [0.05, 0.1) is 29.7 Å². The average Bonchev–Trinajstić information content (AvgIpc) is 3.25. The van der Waals surface area contributed by atoms with Gasteiger partial charge >= 0.3 is 0 Å². The summed E-state index contributed by atoms with van der Waals surface area (Å²) in [5.74, 6) is 1.21. The minimum Gasteiger partial charge on any atom is -0.494 e. The molecule has 0 fully saturated rings. The Hall–Kier alpha value is -4.37. The summed E-state index contributed by atoms with van der Waals surface area (Å²) in [5.41, 5.74) is 4.17. The number of hydrogen-bond acceptors (Lipinski definition) is 5. The molecular formula is C29H37N7O2. The van der Waals surface area contributed by atoms with Crippen LogP contribution in [0.15, 0.2) is 71.3 Å². The molecule has 200 valence electrons. The van der Waals surface area contributed by atoms with Gasteiger partial charge in [0.2, 0.25) is 11.9 Å². The van der Waals surface area contributed by atoms with Gasteiger partial charge in [0.15, 0.2) is 0 Å². The van der Waals surface area contributed by atoms with E-state index in [4.69, 9.17) is 9.73 Å². The lowest BCUT2D eigenvalue weighted by Gasteiger charge is -2.26. The van der Waals surface area contributed by atoms with Crippen LogP contribution in [0.1, 0.15) is 12.5 Å². The van der Waals surface area contributed by atoms with Crippen LogP contribution in [-0.2, 0) is 4.79 Å². The molecule has 2 aromatic carbocycles. The molecule has 1 aromatic heterocycles. The first-order chi connectivity index (χ1) is 18.2. The SMILES string of the molecule is C=CC(=O)Nc1cc(NC(N=C)=N/C(=C\C)n2cc(C)c3ccccc32)c(OC)cc1N(C)CCN(C)C. The Bertz CT molecular complexity index is 1390. The van der Waals surface area contributed by atoms with Gasteiger partial charge in [-0.15, -0.1) is 0 Å². The first-order valence-electron chi connectivity index (χ1n) is 12.3. The maximum absolute atomic E-state index is 12.2. The number of ether oxygens (including phenoxy) is 1. The molecule has 3 aromatic rings. The van der Waals surface area contributed by atoms with Gasteiger partial charge in [-0.25, -0.2) is 4.99 Å². The first-order valence-corrected chi connectivity index (χ1v) is 12.3. The van der Waals surface area contributed by atoms with Gasteiger partial charge in [0.25, 0.3) is 0 Å². The number of amides is 1. The standard InChI is InChI=1S/C29H37N7O2/c1-9-27(36-19-20(3)21-13-11-12-14-24(21)36)33-29(30-4)32-23-17-22(31-28(37)10-2)25(18-26(23)38-8)35(7)16-15-34(5)6/h9-14,17-19H,2,4,15-16H2,1,3,5-8H3,(H,31,37)(H,32,33)/b27-9+. The van der Waals surface area contributed by atoms with Crippen LogP contribution in [0.5, 0.6) is 5.75 Å². The van der Waals surface area contributed by atoms with Crippen molar-refractivity contribution in [1.29, 1.82) is 0 Å². The number of allylic oxidation sites excluding steroid dienone is 1. The molecule has 0 bridgehead atoms. The molecule has 0 saturated carbocycles. The summed E-state index contributed by atoms with van der Waals surface area (Å²) in [5, 5.41) is 7.28. The zero-order chi connectivity index (χ0) is 27.8. The van der Waals surface area contributed by atoms with Gasteiger partial charge in [-0.05, 0) is 64.5 Å². The number of aryl methyl sites for hydroxylation is 1. The Morgan fingerprint density at radius 2 is 1.87 bits per heavy atom. The van der Waals surface area contributed by atoms with Gasteiger partial charge in [0.1, 0.15) is 11.6 Å². The Kier molecular flexibility index (Phi) is 9.45. The zero-order valence-electron chi connectivity index (χ0n) is 23.1. The lowest BCUT2D eigenvalue weighted by atomic mass is 10.2. The molecule has 3 rings (SSSR count). The number of para-hydroxylation sites is 1. The number of benzene rings is 2. The summed E-state index contributed by atoms with van der Waals surface area (Å²) in [4.78, 5) is 25.3. The number of carbonyl (C=O) groups excluding carboxylic acids is 1. The van der Waals surface area contributed by atoms with Gasteiger partial charge in [-0.2, -0.15) is 4.99 Å². The van der Waals surface area contributed by atoms with Crippen molar-refractivity contribution in [3.05, 3.63) is 66.9 Å². The van der Waals surface area contributed by atoms with Crippen LogP contribution in [-0.4, -0.2) is 69.4 Å². The topological polar surface area (TPSA) is 86.5 Å². The van der Waals surface area contributed by atoms with Crippen molar-refractivity contribution in [2.75, 3.05) is 56.9 Å². The number of aliphatic imine (C=N–C) groups is 2. The predicted octanol–water partition coefficient (Wildman–Crippen LogP) is 5.07. The largest absolute Gasteiger partial charge is 0.494 e. The number of guanidine groups is 1. The minimum atomic E-state index is -0.315. The highest BCUT2D eigenvalue weighted by Crippen LogP contribution is 2.37. The van der Waals surface area contributed by atoms with Crippen LogP contribution in [0.25, 0.3) is 16.7 Å². The lowest BCUT2D eigenvalue weighted by molar-refractivity contribution is -0.111. The summed E-state index contributed by atoms with van der Waals surface area (Å²) in [6, 6.07) is 11.8. The third-order valence-corrected chi connectivity index (χ3v) is 6.09. The maximum Gasteiger partial charge on any atom is 0.247 e. The van der Waals surface area contributed by atoms with Crippen molar-refractivity contribution in [3.8, 4) is 5.75 Å². The summed E-state index contributed by atoms with van der Waals surface area (Å²) in [6.45, 7) is 12.9. The average molecular weight is 516 g/mol. The zero-order valence-corrected chi connectivity index (χ0v) is 23.1. The number of nitrogens with one attached hydrogen (secondary N) is 2. The van der Waals surface area contributed by atoms with Crippen molar-refractivity contribution in [2.24, 2.45) is 9.98 Å². The normalized spacial score (nSPS) is 12.0. The predicted molar refractivity (Wildman–Crippen MR) is 161 cm³/mol. The number of likely N-dealkylation sites (N-methyl/N-ethyl adjacent to an activating group) is 2. The van der Waals surface area contributed by atoms with E-state index in [-0.39, 0.29) is 11.9 Å². The second-order valence-electron chi connectivity index (χ2n) is 9.05. The third kappa shape index (κ3) is 6.49. The van der Waals surface area contributed by atoms with E-state index in [1.807, 2.05) is 63.1 Å². The van der Waals surface area contributed by atoms with Crippen LogP contribution in [0.4, 0.5) is 17.1 Å². The van der Waals surface area contributed by atoms with E-state index >= 15 is 0 Å². The number of rotatable bonds is 10. The highest BCUT2D eigenvalue weighted by atomic mass is 16.5. The van der Waals surface area contributed by atoms with Crippen molar-refractivity contribution in [1.82, 2.24) is 9.47 Å². The monoisotopic (exact) mass is 515 g/mol. The van der Waals surface area contributed by atoms with Crippen LogP contribution >= 0.6 is 0 Å². The molecular weight excluding hydrogens is 478 g/mol. The minimum absolute atomic E-state index is 0.279. The number of fused-ring (bicyclic) bond motifs is 1. The van der Waals surface area contributed by atoms with Crippen LogP contribution < -0.4 is 20.3 Å². The molecule has 1 amide bonds. The van der Waals surface area contributed by atoms with Crippen LogP contribution in [0.2, 0.25) is 0 Å². The van der Waals surface area contributed by atoms with E-state index in [1.54, 1.807) is 13.2 Å². The number of carbonyl (C=O) groups is 1. The fourth-order valence-electron chi connectivity index (χ4n) is 4.03. The smallest absolute Gasteiger partial charge is 0.247 e. The molecule has 0 unspecified atom stereocenters. The van der Waals surface area contributed by atoms with Crippen molar-refractivity contribution in [3.63, 3.8) is 0 Å². The van der Waals surface area contributed by atoms with Crippen molar-refractivity contribution < 1.29 is 9.53 Å². The number of nitrogens with zero attached hydrogens (tertiary/aromatic N) is 5. The molecule has 0 atom stereocenters. The molecule has 0 saturated heterocycles. The van der Waals surface area contributed by atoms with Crippen LogP contribution in [0, 0.1) is 6.92 Å². The molecule has 0 spiro atoms. The lowest BCUT2D eigenvalue weighted by Crippen LogP contribution is -2.29. The molecule has 9 nitrogen and oxygen atoms in total. The summed E-state index contributed by atoms with van der Waals surface area (Å²) < 4.78 is 7.72. The van der Waals surface area contributed by atoms with E-state index in [2.05, 4.69) is 57.8 Å². The Labute approximate surface area is 224 Å². The van der Waals surface area contributed by atoms with Crippen molar-refractivity contribution >= 4 is 52.4 Å². The molecule has 0 aliphatic heterocycles. The van der Waals surface area contributed by atoms with E-state index in [0.717, 1.165) is 35.2 Å². The molecule has 9 heteroatoms. The highest BCUT2D eigenvalue weighted by Gasteiger charge is 2.17. The molecule has 0 aliphatic carbocycles. The molecule has 0 radical (unpaired) electrons. The van der Waals surface area contributed by atoms with Crippen LogP contribution in [0.3, 0.4) is 0 Å². The highest BCUT2D eigenvalue weighted by molar-refractivity contribution is 6.04. The Morgan fingerprint density at radius 3 is 2.50 bits per heavy atom. The molecule has 38 heavy (non-hydrogen) atoms. The molecule has 0 aliphatic rings. The van der Waals surface area contributed by atoms with Gasteiger partial charge in [-0.3, -0.25) is 4.79 Å². The van der Waals surface area contributed by atoms with Crippen molar-refractivity contribution in [2.45, 2.75) is 13.8 Å². The number of aromatic nitrogens is 1. The fraction of sp³-hybridized carbons (Fsp3) is 0.276. The Balaban J connectivity index is 2.03. The fourth-order valence-corrected chi connectivity index (χ4v) is 4.03. The van der Waals surface area contributed by atoms with Gasteiger partial charge in [0, 0.05) is 37.8 Å². The maximum atomic E-state index is 12.2. The third-order valence-electron chi connectivity index (χ3n) is 6.09. The summed E-state index contributed by atoms with van der Waals surface area (Å²) in [6.07, 6.45) is 5.20. The van der Waals surface area contributed by atoms with E-state index < -0.39 is 0 Å². The van der Waals surface area contributed by atoms with E-state index in [1.165, 1.54) is 6.08 Å². The summed E-state index contributed by atoms with van der Waals surface area (Å²) in [7, 11) is 7.59. The number of hydrogen-bond donors (Lipinski definition) is 2. The molecule has 1 heterocycles. The first kappa shape index (κ1) is 28.2. The quantitative estimate of drug-likeness (QED) is 0.224. The number of anilines is 3. The summed E-state index contributed by atoms with van der Waals surface area (Å²) >= 11 is 0. The number of methoxy groups -OCH3 is 1. The van der Waals surface area contributed by atoms with E-state index in [0.29, 0.717) is 22.9 Å². The van der Waals surface area contributed by atoms with Gasteiger partial charge < -0.3 is 29.7 Å². The molecule has 2 N–H and O–H groups in total. The van der Waals surface area contributed by atoms with E-state index in [9.17, 15) is 4.79 Å². The Morgan fingerprint density at radius 1 is 1.13 bits per heavy atom. The second kappa shape index (κ2) is 12.7. The second-order valence-corrected chi connectivity index (χ2v) is 9.05. The van der Waals surface area contributed by atoms with Gasteiger partial charge in [-0.1, -0.05) is 24.8 Å².